The summed E-state index contributed by atoms with van der Waals surface area (Å²) in [5.74, 6) is 0. The van der Waals surface area contributed by atoms with E-state index in [2.05, 4.69) is 38.6 Å². The molecule has 16 heavy (non-hydrogen) atoms. The largest absolute Gasteiger partial charge is 0.489 e. The number of nitrogens with zero attached hydrogens (tertiary/aromatic N) is 1. The van der Waals surface area contributed by atoms with Crippen molar-refractivity contribution in [2.24, 2.45) is 0 Å². The van der Waals surface area contributed by atoms with Crippen molar-refractivity contribution in [1.82, 2.24) is 4.90 Å². The lowest BCUT2D eigenvalue weighted by Crippen LogP contribution is -2.51. The van der Waals surface area contributed by atoms with Gasteiger partial charge in [0.1, 0.15) is 0 Å². The van der Waals surface area contributed by atoms with E-state index in [0.29, 0.717) is 0 Å². The first kappa shape index (κ1) is 16.3. The van der Waals surface area contributed by atoms with Crippen molar-refractivity contribution in [3.8, 4) is 0 Å². The van der Waals surface area contributed by atoms with Crippen LogP contribution in [0.4, 0.5) is 0 Å². The first-order chi connectivity index (χ1) is 7.24. The van der Waals surface area contributed by atoms with E-state index in [1.54, 1.807) is 14.2 Å². The molecule has 0 N–H and O–H groups in total. The van der Waals surface area contributed by atoms with Gasteiger partial charge in [-0.1, -0.05) is 0 Å². The molecule has 6 heteroatoms. The molecule has 0 atom stereocenters. The fraction of sp³-hybridized carbons (Fsp3) is 1.00. The second kappa shape index (κ2) is 6.88. The zero-order valence-electron chi connectivity index (χ0n) is 11.8. The maximum absolute atomic E-state index is 6.12. The van der Waals surface area contributed by atoms with Crippen LogP contribution in [0.2, 0.25) is 25.7 Å². The molecule has 0 aliphatic rings. The van der Waals surface area contributed by atoms with Crippen molar-refractivity contribution in [3.05, 3.63) is 0 Å². The van der Waals surface area contributed by atoms with Crippen LogP contribution in [0.5, 0.6) is 0 Å². The van der Waals surface area contributed by atoms with Gasteiger partial charge in [0.25, 0.3) is 0 Å². The molecule has 0 amide bonds. The monoisotopic (exact) mass is 265 g/mol. The Bertz CT molecular complexity index is 191. The molecule has 0 spiro atoms. The lowest BCUT2D eigenvalue weighted by atomic mass is 10.5. The number of rotatable bonds is 8. The minimum atomic E-state index is -2.41. The van der Waals surface area contributed by atoms with E-state index in [9.17, 15) is 0 Å². The van der Waals surface area contributed by atoms with E-state index < -0.39 is 17.1 Å². The lowest BCUT2D eigenvalue weighted by molar-refractivity contribution is 0.156. The number of hydrogen-bond donors (Lipinski definition) is 0. The molecule has 0 aliphatic heterocycles. The van der Waals surface area contributed by atoms with Gasteiger partial charge >= 0.3 is 8.80 Å². The van der Waals surface area contributed by atoms with Crippen LogP contribution in [0.15, 0.2) is 0 Å². The van der Waals surface area contributed by atoms with Gasteiger partial charge in [-0.05, 0) is 46.7 Å². The van der Waals surface area contributed by atoms with Crippen LogP contribution in [0.25, 0.3) is 0 Å². The van der Waals surface area contributed by atoms with Gasteiger partial charge in [0.2, 0.25) is 0 Å². The molecule has 0 aliphatic carbocycles. The van der Waals surface area contributed by atoms with Crippen molar-refractivity contribution in [3.63, 3.8) is 0 Å². The summed E-state index contributed by atoms with van der Waals surface area (Å²) in [6.45, 7) is 7.53. The standard InChI is InChI=1S/C10H27NO3Si2/c1-11(2)9-8-10-16(12-3,13-4)14-15(5,6)7/h8-10H2,1-7H3. The smallest absolute Gasteiger partial charge is 0.416 e. The summed E-state index contributed by atoms with van der Waals surface area (Å²) in [6, 6.07) is 0.891. The average molecular weight is 266 g/mol. The van der Waals surface area contributed by atoms with Gasteiger partial charge < -0.3 is 17.9 Å². The topological polar surface area (TPSA) is 30.9 Å². The van der Waals surface area contributed by atoms with Gasteiger partial charge in [0.15, 0.2) is 8.32 Å². The summed E-state index contributed by atoms with van der Waals surface area (Å²) in [5, 5.41) is 0. The average Bonchev–Trinajstić information content (AvgIpc) is 2.13. The Labute approximate surface area is 102 Å². The Hall–Kier alpha value is 0.274. The lowest BCUT2D eigenvalue weighted by Gasteiger charge is -2.33. The van der Waals surface area contributed by atoms with Gasteiger partial charge in [-0.3, -0.25) is 0 Å². The molecule has 0 saturated heterocycles. The van der Waals surface area contributed by atoms with E-state index in [1.165, 1.54) is 0 Å². The highest BCUT2D eigenvalue weighted by atomic mass is 28.5. The molecule has 0 heterocycles. The third kappa shape index (κ3) is 6.77. The molecule has 0 aromatic rings. The number of hydrogen-bond acceptors (Lipinski definition) is 4. The maximum atomic E-state index is 6.12. The molecule has 0 saturated carbocycles. The highest BCUT2D eigenvalue weighted by Gasteiger charge is 2.42. The van der Waals surface area contributed by atoms with Gasteiger partial charge in [-0.2, -0.15) is 0 Å². The maximum Gasteiger partial charge on any atom is 0.489 e. The highest BCUT2D eigenvalue weighted by molar-refractivity contribution is 6.79. The summed E-state index contributed by atoms with van der Waals surface area (Å²) >= 11 is 0. The third-order valence-corrected chi connectivity index (χ3v) is 8.08. The zero-order chi connectivity index (χ0) is 12.8. The Balaban J connectivity index is 4.33. The molecule has 4 nitrogen and oxygen atoms in total. The molecule has 98 valence electrons. The predicted molar refractivity (Wildman–Crippen MR) is 72.2 cm³/mol. The molecule has 0 aromatic heterocycles. The van der Waals surface area contributed by atoms with Gasteiger partial charge in [-0.25, -0.2) is 0 Å². The Morgan fingerprint density at radius 2 is 1.50 bits per heavy atom. The van der Waals surface area contributed by atoms with Crippen molar-refractivity contribution < 1.29 is 13.0 Å². The highest BCUT2D eigenvalue weighted by Crippen LogP contribution is 2.21. The first-order valence-electron chi connectivity index (χ1n) is 5.70. The van der Waals surface area contributed by atoms with Crippen LogP contribution in [0.1, 0.15) is 6.42 Å². The summed E-state index contributed by atoms with van der Waals surface area (Å²) in [7, 11) is 3.52. The second-order valence-corrected chi connectivity index (χ2v) is 12.9. The molecule has 0 unspecified atom stereocenters. The predicted octanol–water partition coefficient (Wildman–Crippen LogP) is 2.02. The summed E-state index contributed by atoms with van der Waals surface area (Å²) in [6.07, 6.45) is 1.05. The normalized spacial score (nSPS) is 13.5. The van der Waals surface area contributed by atoms with E-state index in [4.69, 9.17) is 13.0 Å². The molecule has 0 fully saturated rings. The zero-order valence-corrected chi connectivity index (χ0v) is 13.8. The first-order valence-corrected chi connectivity index (χ1v) is 11.0. The Kier molecular flexibility index (Phi) is 6.99. The Morgan fingerprint density at radius 3 is 1.81 bits per heavy atom. The summed E-state index contributed by atoms with van der Waals surface area (Å²) < 4.78 is 17.2. The fourth-order valence-electron chi connectivity index (χ4n) is 1.50. The van der Waals surface area contributed by atoms with Crippen LogP contribution < -0.4 is 0 Å². The van der Waals surface area contributed by atoms with E-state index in [0.717, 1.165) is 19.0 Å². The molecular weight excluding hydrogens is 238 g/mol. The molecule has 0 bridgehead atoms. The minimum Gasteiger partial charge on any atom is -0.416 e. The van der Waals surface area contributed by atoms with Crippen LogP contribution in [-0.2, 0) is 13.0 Å². The Morgan fingerprint density at radius 1 is 1.00 bits per heavy atom. The van der Waals surface area contributed by atoms with Crippen molar-refractivity contribution in [1.29, 1.82) is 0 Å². The van der Waals surface area contributed by atoms with Gasteiger partial charge in [-0.15, -0.1) is 0 Å². The SMILES string of the molecule is CO[Si](CCCN(C)C)(OC)O[Si](C)(C)C. The summed E-state index contributed by atoms with van der Waals surface area (Å²) in [5.41, 5.74) is 0. The second-order valence-electron chi connectivity index (χ2n) is 5.21. The van der Waals surface area contributed by atoms with Crippen molar-refractivity contribution >= 4 is 17.1 Å². The molecule has 0 aromatic carbocycles. The van der Waals surface area contributed by atoms with Gasteiger partial charge in [0.05, 0.1) is 0 Å². The van der Waals surface area contributed by atoms with E-state index >= 15 is 0 Å². The minimum absolute atomic E-state index is 0.891. The quantitative estimate of drug-likeness (QED) is 0.628. The van der Waals surface area contributed by atoms with Gasteiger partial charge in [0, 0.05) is 20.3 Å². The summed E-state index contributed by atoms with van der Waals surface area (Å²) in [4.78, 5) is 2.17. The van der Waals surface area contributed by atoms with Crippen LogP contribution in [0, 0.1) is 0 Å². The molecular formula is C10H27NO3Si2. The van der Waals surface area contributed by atoms with Crippen molar-refractivity contribution in [2.75, 3.05) is 34.9 Å². The van der Waals surface area contributed by atoms with E-state index in [-0.39, 0.29) is 0 Å². The fourth-order valence-corrected chi connectivity index (χ4v) is 7.47. The van der Waals surface area contributed by atoms with E-state index in [1.807, 2.05) is 0 Å². The van der Waals surface area contributed by atoms with Crippen molar-refractivity contribution in [2.45, 2.75) is 32.1 Å². The van der Waals surface area contributed by atoms with Crippen LogP contribution in [0.3, 0.4) is 0 Å². The molecule has 0 radical (unpaired) electrons. The third-order valence-electron chi connectivity index (χ3n) is 2.17. The molecule has 0 rings (SSSR count). The van der Waals surface area contributed by atoms with Crippen LogP contribution in [-0.4, -0.2) is 56.9 Å². The van der Waals surface area contributed by atoms with Crippen LogP contribution >= 0.6 is 0 Å².